The molecule has 0 saturated carbocycles. The van der Waals surface area contributed by atoms with Gasteiger partial charge in [-0.25, -0.2) is 9.97 Å². The van der Waals surface area contributed by atoms with E-state index in [2.05, 4.69) is 15.3 Å². The summed E-state index contributed by atoms with van der Waals surface area (Å²) in [5.74, 6) is -0.814. The van der Waals surface area contributed by atoms with Crippen molar-refractivity contribution in [3.63, 3.8) is 0 Å². The Bertz CT molecular complexity index is 602. The molecule has 0 fully saturated rings. The summed E-state index contributed by atoms with van der Waals surface area (Å²) in [5, 5.41) is 21.4. The van der Waals surface area contributed by atoms with Crippen LogP contribution in [-0.4, -0.2) is 26.1 Å². The van der Waals surface area contributed by atoms with E-state index in [1.807, 2.05) is 0 Å². The molecule has 1 amide bonds. The lowest BCUT2D eigenvalue weighted by Crippen LogP contribution is -2.22. The van der Waals surface area contributed by atoms with Gasteiger partial charge in [-0.15, -0.1) is 0 Å². The van der Waals surface area contributed by atoms with Crippen LogP contribution >= 0.6 is 0 Å². The van der Waals surface area contributed by atoms with Crippen molar-refractivity contribution in [2.45, 2.75) is 13.3 Å². The third-order valence-corrected chi connectivity index (χ3v) is 2.86. The molecule has 0 aliphatic heterocycles. The van der Waals surface area contributed by atoms with Crippen LogP contribution in [0.1, 0.15) is 12.5 Å². The van der Waals surface area contributed by atoms with E-state index < -0.39 is 0 Å². The zero-order valence-electron chi connectivity index (χ0n) is 10.9. The predicted molar refractivity (Wildman–Crippen MR) is 73.3 cm³/mol. The van der Waals surface area contributed by atoms with Crippen LogP contribution in [0.5, 0.6) is 11.5 Å². The van der Waals surface area contributed by atoms with Crippen LogP contribution in [0.15, 0.2) is 36.9 Å². The molecule has 3 N–H and O–H groups in total. The van der Waals surface area contributed by atoms with Gasteiger partial charge in [0.1, 0.15) is 6.33 Å². The van der Waals surface area contributed by atoms with Gasteiger partial charge in [0.15, 0.2) is 11.5 Å². The molecule has 1 aromatic heterocycles. The topological polar surface area (TPSA) is 95.3 Å². The monoisotopic (exact) mass is 273 g/mol. The zero-order chi connectivity index (χ0) is 14.5. The number of phenols is 2. The molecule has 2 aromatic rings. The number of nitrogens with zero attached hydrogens (tertiary/aromatic N) is 2. The van der Waals surface area contributed by atoms with Crippen molar-refractivity contribution in [1.82, 2.24) is 9.97 Å². The minimum absolute atomic E-state index is 0.160. The van der Waals surface area contributed by atoms with Gasteiger partial charge < -0.3 is 15.5 Å². The average Bonchev–Trinajstić information content (AvgIpc) is 2.44. The number of phenolic OH excluding ortho intramolecular Hbond substituents is 2. The highest BCUT2D eigenvalue weighted by Gasteiger charge is 2.14. The molecule has 20 heavy (non-hydrogen) atoms. The maximum Gasteiger partial charge on any atom is 0.227 e. The molecule has 1 atom stereocenters. The van der Waals surface area contributed by atoms with Gasteiger partial charge in [0.25, 0.3) is 0 Å². The second kappa shape index (κ2) is 6.01. The summed E-state index contributed by atoms with van der Waals surface area (Å²) < 4.78 is 0. The Balaban J connectivity index is 1.98. The number of carbonyl (C=O) groups is 1. The molecule has 1 aromatic carbocycles. The Morgan fingerprint density at radius 3 is 2.60 bits per heavy atom. The van der Waals surface area contributed by atoms with Crippen molar-refractivity contribution < 1.29 is 15.0 Å². The first-order chi connectivity index (χ1) is 9.56. The van der Waals surface area contributed by atoms with Crippen LogP contribution in [0, 0.1) is 5.92 Å². The SMILES string of the molecule is CC(Cc1ccc(O)c(O)c1)C(=O)Nc1cncnc1. The highest BCUT2D eigenvalue weighted by molar-refractivity contribution is 5.92. The van der Waals surface area contributed by atoms with E-state index in [1.54, 1.807) is 13.0 Å². The third kappa shape index (κ3) is 3.44. The molecule has 6 heteroatoms. The molecule has 0 aliphatic rings. The summed E-state index contributed by atoms with van der Waals surface area (Å²) in [6.07, 6.45) is 4.87. The Morgan fingerprint density at radius 1 is 1.25 bits per heavy atom. The molecule has 6 nitrogen and oxygen atoms in total. The van der Waals surface area contributed by atoms with Crippen molar-refractivity contribution >= 4 is 11.6 Å². The third-order valence-electron chi connectivity index (χ3n) is 2.86. The van der Waals surface area contributed by atoms with Crippen LogP contribution in [-0.2, 0) is 11.2 Å². The van der Waals surface area contributed by atoms with Gasteiger partial charge in [0, 0.05) is 5.92 Å². The van der Waals surface area contributed by atoms with E-state index in [0.29, 0.717) is 12.1 Å². The van der Waals surface area contributed by atoms with Crippen LogP contribution in [0.25, 0.3) is 0 Å². The minimum Gasteiger partial charge on any atom is -0.504 e. The smallest absolute Gasteiger partial charge is 0.227 e. The van der Waals surface area contributed by atoms with Gasteiger partial charge in [0.05, 0.1) is 18.1 Å². The normalized spacial score (nSPS) is 11.8. The molecule has 2 rings (SSSR count). The fourth-order valence-electron chi connectivity index (χ4n) is 1.77. The molecule has 104 valence electrons. The molecule has 1 unspecified atom stereocenters. The largest absolute Gasteiger partial charge is 0.504 e. The summed E-state index contributed by atoms with van der Waals surface area (Å²) >= 11 is 0. The predicted octanol–water partition coefficient (Wildman–Crippen LogP) is 1.71. The van der Waals surface area contributed by atoms with E-state index in [-0.39, 0.29) is 23.3 Å². The second-order valence-corrected chi connectivity index (χ2v) is 4.54. The Morgan fingerprint density at radius 2 is 1.95 bits per heavy atom. The number of hydrogen-bond acceptors (Lipinski definition) is 5. The number of nitrogens with one attached hydrogen (secondary N) is 1. The molecule has 1 heterocycles. The number of aromatic hydroxyl groups is 2. The van der Waals surface area contributed by atoms with Crippen LogP contribution in [0.3, 0.4) is 0 Å². The highest BCUT2D eigenvalue weighted by atomic mass is 16.3. The van der Waals surface area contributed by atoms with Crippen molar-refractivity contribution in [3.8, 4) is 11.5 Å². The number of aromatic nitrogens is 2. The van der Waals surface area contributed by atoms with E-state index in [1.165, 1.54) is 30.9 Å². The average molecular weight is 273 g/mol. The van der Waals surface area contributed by atoms with E-state index in [4.69, 9.17) is 0 Å². The number of amides is 1. The summed E-state index contributed by atoms with van der Waals surface area (Å²) in [5.41, 5.74) is 1.31. The molecule has 0 spiro atoms. The first-order valence-electron chi connectivity index (χ1n) is 6.13. The first kappa shape index (κ1) is 13.8. The standard InChI is InChI=1S/C14H15N3O3/c1-9(4-10-2-3-12(18)13(19)5-10)14(20)17-11-6-15-8-16-7-11/h2-3,5-9,18-19H,4H2,1H3,(H,17,20). The summed E-state index contributed by atoms with van der Waals surface area (Å²) in [6, 6.07) is 4.52. The first-order valence-corrected chi connectivity index (χ1v) is 6.13. The zero-order valence-corrected chi connectivity index (χ0v) is 10.9. The quantitative estimate of drug-likeness (QED) is 0.737. The molecule has 0 aliphatic carbocycles. The van der Waals surface area contributed by atoms with Crippen molar-refractivity contribution in [2.75, 3.05) is 5.32 Å². The number of hydrogen-bond donors (Lipinski definition) is 3. The summed E-state index contributed by atoms with van der Waals surface area (Å²) in [7, 11) is 0. The van der Waals surface area contributed by atoms with Crippen LogP contribution < -0.4 is 5.32 Å². The lowest BCUT2D eigenvalue weighted by molar-refractivity contribution is -0.119. The maximum atomic E-state index is 12.0. The molecule has 0 bridgehead atoms. The van der Waals surface area contributed by atoms with Gasteiger partial charge in [-0.3, -0.25) is 4.79 Å². The summed E-state index contributed by atoms with van der Waals surface area (Å²) in [4.78, 5) is 19.6. The van der Waals surface area contributed by atoms with Gasteiger partial charge >= 0.3 is 0 Å². The van der Waals surface area contributed by atoms with Crippen LogP contribution in [0.4, 0.5) is 5.69 Å². The number of carbonyl (C=O) groups excluding carboxylic acids is 1. The number of anilines is 1. The second-order valence-electron chi connectivity index (χ2n) is 4.54. The molecular formula is C14H15N3O3. The van der Waals surface area contributed by atoms with E-state index >= 15 is 0 Å². The van der Waals surface area contributed by atoms with Gasteiger partial charge in [0.2, 0.25) is 5.91 Å². The highest BCUT2D eigenvalue weighted by Crippen LogP contribution is 2.26. The lowest BCUT2D eigenvalue weighted by atomic mass is 10.00. The molecule has 0 saturated heterocycles. The number of benzene rings is 1. The Hall–Kier alpha value is -2.63. The van der Waals surface area contributed by atoms with E-state index in [0.717, 1.165) is 5.56 Å². The fourth-order valence-corrected chi connectivity index (χ4v) is 1.77. The van der Waals surface area contributed by atoms with Gasteiger partial charge in [-0.05, 0) is 24.1 Å². The van der Waals surface area contributed by atoms with Crippen LogP contribution in [0.2, 0.25) is 0 Å². The maximum absolute atomic E-state index is 12.0. The number of rotatable bonds is 4. The van der Waals surface area contributed by atoms with Crippen molar-refractivity contribution in [2.24, 2.45) is 5.92 Å². The minimum atomic E-state index is -0.292. The van der Waals surface area contributed by atoms with Crippen molar-refractivity contribution in [1.29, 1.82) is 0 Å². The molecular weight excluding hydrogens is 258 g/mol. The van der Waals surface area contributed by atoms with Gasteiger partial charge in [-0.2, -0.15) is 0 Å². The fraction of sp³-hybridized carbons (Fsp3) is 0.214. The lowest BCUT2D eigenvalue weighted by Gasteiger charge is -2.12. The van der Waals surface area contributed by atoms with Crippen molar-refractivity contribution in [3.05, 3.63) is 42.5 Å². The van der Waals surface area contributed by atoms with E-state index in [9.17, 15) is 15.0 Å². The van der Waals surface area contributed by atoms with Gasteiger partial charge in [-0.1, -0.05) is 13.0 Å². The molecule has 0 radical (unpaired) electrons. The Labute approximate surface area is 116 Å². The Kier molecular flexibility index (Phi) is 4.14. The summed E-state index contributed by atoms with van der Waals surface area (Å²) in [6.45, 7) is 1.78.